The Morgan fingerprint density at radius 3 is 2.50 bits per heavy atom. The lowest BCUT2D eigenvalue weighted by molar-refractivity contribution is 0.838. The van der Waals surface area contributed by atoms with Crippen molar-refractivity contribution in [2.24, 2.45) is 5.73 Å². The zero-order valence-corrected chi connectivity index (χ0v) is 8.79. The van der Waals surface area contributed by atoms with Gasteiger partial charge in [-0.3, -0.25) is 4.98 Å². The highest BCUT2D eigenvalue weighted by Crippen LogP contribution is 2.29. The fourth-order valence-electron chi connectivity index (χ4n) is 1.27. The summed E-state index contributed by atoms with van der Waals surface area (Å²) in [4.78, 5) is 6.46. The normalized spacial score (nSPS) is 12.7. The molecule has 0 bridgehead atoms. The first-order valence-electron chi connectivity index (χ1n) is 4.53. The molecule has 0 radical (unpaired) electrons. The minimum Gasteiger partial charge on any atom is -0.324 e. The summed E-state index contributed by atoms with van der Waals surface area (Å²) in [5.74, 6) is 0. The number of nitrogens with two attached hydrogens (primary N) is 1. The molecule has 0 unspecified atom stereocenters. The zero-order valence-electron chi connectivity index (χ0n) is 7.97. The van der Waals surface area contributed by atoms with Crippen LogP contribution in [-0.4, -0.2) is 4.98 Å². The molecule has 0 saturated heterocycles. The van der Waals surface area contributed by atoms with Crippen LogP contribution in [0.25, 0.3) is 10.4 Å². The van der Waals surface area contributed by atoms with Gasteiger partial charge in [-0.2, -0.15) is 0 Å². The van der Waals surface area contributed by atoms with Gasteiger partial charge in [-0.15, -0.1) is 11.3 Å². The van der Waals surface area contributed by atoms with E-state index in [-0.39, 0.29) is 6.04 Å². The Hall–Kier alpha value is -1.19. The molecule has 2 heterocycles. The fourth-order valence-corrected chi connectivity index (χ4v) is 2.23. The van der Waals surface area contributed by atoms with E-state index in [9.17, 15) is 0 Å². The quantitative estimate of drug-likeness (QED) is 0.817. The van der Waals surface area contributed by atoms with Crippen molar-refractivity contribution in [1.29, 1.82) is 0 Å². The third-order valence-electron chi connectivity index (χ3n) is 2.04. The third-order valence-corrected chi connectivity index (χ3v) is 3.38. The van der Waals surface area contributed by atoms with Crippen molar-refractivity contribution >= 4 is 11.3 Å². The number of nitrogens with zero attached hydrogens (tertiary/aromatic N) is 1. The van der Waals surface area contributed by atoms with Crippen LogP contribution in [0.1, 0.15) is 17.8 Å². The summed E-state index contributed by atoms with van der Waals surface area (Å²) < 4.78 is 0. The summed E-state index contributed by atoms with van der Waals surface area (Å²) >= 11 is 1.74. The molecule has 2 N–H and O–H groups in total. The zero-order chi connectivity index (χ0) is 9.97. The van der Waals surface area contributed by atoms with E-state index >= 15 is 0 Å². The van der Waals surface area contributed by atoms with Crippen molar-refractivity contribution in [3.63, 3.8) is 0 Å². The Morgan fingerprint density at radius 1 is 1.21 bits per heavy atom. The largest absolute Gasteiger partial charge is 0.324 e. The van der Waals surface area contributed by atoms with E-state index in [1.807, 2.05) is 19.1 Å². The van der Waals surface area contributed by atoms with Crippen LogP contribution in [-0.2, 0) is 0 Å². The molecule has 0 saturated carbocycles. The molecule has 2 aromatic rings. The van der Waals surface area contributed by atoms with Gasteiger partial charge >= 0.3 is 0 Å². The van der Waals surface area contributed by atoms with Gasteiger partial charge in [0.2, 0.25) is 0 Å². The predicted octanol–water partition coefficient (Wildman–Crippen LogP) is 2.83. The van der Waals surface area contributed by atoms with E-state index in [1.165, 1.54) is 15.3 Å². The van der Waals surface area contributed by atoms with Gasteiger partial charge in [0.15, 0.2) is 0 Å². The van der Waals surface area contributed by atoms with Gasteiger partial charge < -0.3 is 5.73 Å². The first-order chi connectivity index (χ1) is 6.77. The Morgan fingerprint density at radius 2 is 1.93 bits per heavy atom. The number of thiophene rings is 1. The average molecular weight is 204 g/mol. The van der Waals surface area contributed by atoms with Crippen LogP contribution in [0.5, 0.6) is 0 Å². The van der Waals surface area contributed by atoms with Gasteiger partial charge in [0.1, 0.15) is 0 Å². The molecule has 14 heavy (non-hydrogen) atoms. The van der Waals surface area contributed by atoms with E-state index in [2.05, 4.69) is 17.1 Å². The standard InChI is InChI=1S/C11H12N2S/c1-8(12)10-2-3-11(14-10)9-4-6-13-7-5-9/h2-8H,12H2,1H3/t8-/m0/s1. The lowest BCUT2D eigenvalue weighted by atomic mass is 10.2. The molecular weight excluding hydrogens is 192 g/mol. The van der Waals surface area contributed by atoms with Gasteiger partial charge in [-0.25, -0.2) is 0 Å². The molecule has 3 heteroatoms. The van der Waals surface area contributed by atoms with E-state index < -0.39 is 0 Å². The Balaban J connectivity index is 2.34. The van der Waals surface area contributed by atoms with Crippen LogP contribution in [0.3, 0.4) is 0 Å². The molecule has 2 rings (SSSR count). The number of hydrogen-bond donors (Lipinski definition) is 1. The van der Waals surface area contributed by atoms with E-state index in [1.54, 1.807) is 23.7 Å². The van der Waals surface area contributed by atoms with Gasteiger partial charge in [0, 0.05) is 28.2 Å². The molecule has 0 aliphatic heterocycles. The smallest absolute Gasteiger partial charge is 0.0361 e. The molecule has 2 nitrogen and oxygen atoms in total. The average Bonchev–Trinajstić information content (AvgIpc) is 2.68. The maximum Gasteiger partial charge on any atom is 0.0361 e. The molecule has 0 aliphatic carbocycles. The number of rotatable bonds is 2. The van der Waals surface area contributed by atoms with Crippen molar-refractivity contribution in [2.75, 3.05) is 0 Å². The fraction of sp³-hybridized carbons (Fsp3) is 0.182. The molecule has 72 valence electrons. The van der Waals surface area contributed by atoms with Crippen molar-refractivity contribution in [2.45, 2.75) is 13.0 Å². The van der Waals surface area contributed by atoms with E-state index in [4.69, 9.17) is 5.73 Å². The summed E-state index contributed by atoms with van der Waals surface area (Å²) in [5.41, 5.74) is 7.01. The molecule has 0 amide bonds. The lowest BCUT2D eigenvalue weighted by Crippen LogP contribution is -2.01. The minimum atomic E-state index is 0.121. The molecule has 0 aliphatic rings. The maximum absolute atomic E-state index is 5.80. The summed E-state index contributed by atoms with van der Waals surface area (Å²) in [6.07, 6.45) is 3.61. The van der Waals surface area contributed by atoms with Crippen LogP contribution < -0.4 is 5.73 Å². The second-order valence-electron chi connectivity index (χ2n) is 3.23. The topological polar surface area (TPSA) is 38.9 Å². The monoisotopic (exact) mass is 204 g/mol. The summed E-state index contributed by atoms with van der Waals surface area (Å²) in [7, 11) is 0. The van der Waals surface area contributed by atoms with Crippen LogP contribution in [0.4, 0.5) is 0 Å². The first kappa shape index (κ1) is 9.37. The van der Waals surface area contributed by atoms with E-state index in [0.29, 0.717) is 0 Å². The van der Waals surface area contributed by atoms with Gasteiger partial charge in [0.25, 0.3) is 0 Å². The summed E-state index contributed by atoms with van der Waals surface area (Å²) in [6, 6.07) is 8.34. The number of hydrogen-bond acceptors (Lipinski definition) is 3. The van der Waals surface area contributed by atoms with Crippen LogP contribution >= 0.6 is 11.3 Å². The third kappa shape index (κ3) is 1.84. The molecule has 0 aromatic carbocycles. The van der Waals surface area contributed by atoms with Crippen LogP contribution in [0.2, 0.25) is 0 Å². The summed E-state index contributed by atoms with van der Waals surface area (Å²) in [5, 5.41) is 0. The van der Waals surface area contributed by atoms with Gasteiger partial charge in [-0.05, 0) is 36.8 Å². The Kier molecular flexibility index (Phi) is 2.61. The molecule has 2 aromatic heterocycles. The molecule has 0 fully saturated rings. The van der Waals surface area contributed by atoms with Crippen molar-refractivity contribution < 1.29 is 0 Å². The highest BCUT2D eigenvalue weighted by Gasteiger charge is 2.05. The molecule has 1 atom stereocenters. The van der Waals surface area contributed by atoms with Crippen molar-refractivity contribution in [1.82, 2.24) is 4.98 Å². The Labute approximate surface area is 87.4 Å². The molecule has 0 spiro atoms. The lowest BCUT2D eigenvalue weighted by Gasteiger charge is -1.98. The summed E-state index contributed by atoms with van der Waals surface area (Å²) in [6.45, 7) is 2.00. The first-order valence-corrected chi connectivity index (χ1v) is 5.35. The van der Waals surface area contributed by atoms with E-state index in [0.717, 1.165) is 0 Å². The highest BCUT2D eigenvalue weighted by atomic mass is 32.1. The van der Waals surface area contributed by atoms with Crippen molar-refractivity contribution in [3.05, 3.63) is 41.5 Å². The molecular formula is C11H12N2S. The van der Waals surface area contributed by atoms with Crippen molar-refractivity contribution in [3.8, 4) is 10.4 Å². The SMILES string of the molecule is C[C@H](N)c1ccc(-c2ccncc2)s1. The second kappa shape index (κ2) is 3.90. The van der Waals surface area contributed by atoms with Crippen LogP contribution in [0, 0.1) is 0 Å². The van der Waals surface area contributed by atoms with Gasteiger partial charge in [-0.1, -0.05) is 0 Å². The second-order valence-corrected chi connectivity index (χ2v) is 4.34. The minimum absolute atomic E-state index is 0.121. The number of aromatic nitrogens is 1. The van der Waals surface area contributed by atoms with Gasteiger partial charge in [0.05, 0.1) is 0 Å². The Bertz CT molecular complexity index is 406. The maximum atomic E-state index is 5.80. The predicted molar refractivity (Wildman–Crippen MR) is 60.2 cm³/mol. The van der Waals surface area contributed by atoms with Crippen LogP contribution in [0.15, 0.2) is 36.7 Å². The number of pyridine rings is 1. The highest BCUT2D eigenvalue weighted by molar-refractivity contribution is 7.15.